The molecule has 2 aromatic carbocycles. The minimum absolute atomic E-state index is 0.567. The third kappa shape index (κ3) is 7.00. The van der Waals surface area contributed by atoms with Crippen LogP contribution in [-0.4, -0.2) is 0 Å². The van der Waals surface area contributed by atoms with E-state index < -0.39 is 11.7 Å². The van der Waals surface area contributed by atoms with Gasteiger partial charge in [-0.05, 0) is 44.0 Å². The Morgan fingerprint density at radius 3 is 1.87 bits per heavy atom. The Kier molecular flexibility index (Phi) is 7.33. The van der Waals surface area contributed by atoms with Gasteiger partial charge in [-0.3, -0.25) is 0 Å². The third-order valence-corrected chi connectivity index (χ3v) is 3.01. The van der Waals surface area contributed by atoms with Crippen molar-refractivity contribution in [2.45, 2.75) is 26.9 Å². The predicted molar refractivity (Wildman–Crippen MR) is 92.0 cm³/mol. The monoisotopic (exact) mass is 318 g/mol. The smallest absolute Gasteiger partial charge is 0.166 e. The van der Waals surface area contributed by atoms with Crippen molar-refractivity contribution < 1.29 is 13.2 Å². The van der Waals surface area contributed by atoms with Crippen molar-refractivity contribution in [1.82, 2.24) is 0 Å². The van der Waals surface area contributed by atoms with Crippen molar-refractivity contribution >= 4 is 12.2 Å². The number of allylic oxidation sites excluding steroid dienone is 2. The van der Waals surface area contributed by atoms with Gasteiger partial charge in [0.05, 0.1) is 5.56 Å². The van der Waals surface area contributed by atoms with Crippen LogP contribution in [0.4, 0.5) is 13.2 Å². The van der Waals surface area contributed by atoms with Crippen molar-refractivity contribution in [1.29, 1.82) is 0 Å². The molecule has 2 rings (SSSR count). The van der Waals surface area contributed by atoms with E-state index in [9.17, 15) is 13.2 Å². The first-order chi connectivity index (χ1) is 10.9. The van der Waals surface area contributed by atoms with Gasteiger partial charge in [-0.25, -0.2) is 0 Å². The van der Waals surface area contributed by atoms with E-state index in [1.165, 1.54) is 17.2 Å². The fourth-order valence-electron chi connectivity index (χ4n) is 1.88. The summed E-state index contributed by atoms with van der Waals surface area (Å²) in [5.41, 5.74) is 2.54. The normalized spacial score (nSPS) is 11.6. The summed E-state index contributed by atoms with van der Waals surface area (Å²) >= 11 is 0. The molecule has 0 unspecified atom stereocenters. The van der Waals surface area contributed by atoms with Crippen LogP contribution in [0.1, 0.15) is 36.1 Å². The third-order valence-electron chi connectivity index (χ3n) is 3.01. The maximum absolute atomic E-state index is 12.2. The molecule has 23 heavy (non-hydrogen) atoms. The predicted octanol–water partition coefficient (Wildman–Crippen LogP) is 6.77. The largest absolute Gasteiger partial charge is 0.416 e. The second kappa shape index (κ2) is 8.99. The van der Waals surface area contributed by atoms with E-state index >= 15 is 0 Å². The van der Waals surface area contributed by atoms with Gasteiger partial charge in [0, 0.05) is 0 Å². The fourth-order valence-corrected chi connectivity index (χ4v) is 1.88. The second-order valence-electron chi connectivity index (χ2n) is 5.03. The van der Waals surface area contributed by atoms with E-state index in [-0.39, 0.29) is 0 Å². The number of benzene rings is 2. The highest BCUT2D eigenvalue weighted by atomic mass is 19.4. The van der Waals surface area contributed by atoms with Gasteiger partial charge in [-0.1, -0.05) is 66.3 Å². The Morgan fingerprint density at radius 1 is 0.783 bits per heavy atom. The summed E-state index contributed by atoms with van der Waals surface area (Å²) in [6.45, 7) is 5.89. The Balaban J connectivity index is 0.000000238. The van der Waals surface area contributed by atoms with Gasteiger partial charge in [-0.15, -0.1) is 0 Å². The van der Waals surface area contributed by atoms with E-state index in [0.717, 1.165) is 12.1 Å². The number of rotatable bonds is 2. The van der Waals surface area contributed by atoms with Crippen LogP contribution in [0.25, 0.3) is 12.2 Å². The Labute approximate surface area is 136 Å². The van der Waals surface area contributed by atoms with Crippen LogP contribution < -0.4 is 0 Å². The zero-order valence-corrected chi connectivity index (χ0v) is 13.6. The molecule has 0 aliphatic rings. The Hall–Kier alpha value is -2.29. The van der Waals surface area contributed by atoms with Gasteiger partial charge in [-0.2, -0.15) is 13.2 Å². The van der Waals surface area contributed by atoms with E-state index in [2.05, 4.69) is 37.3 Å². The van der Waals surface area contributed by atoms with E-state index in [4.69, 9.17) is 0 Å². The summed E-state index contributed by atoms with van der Waals surface area (Å²) < 4.78 is 36.6. The maximum atomic E-state index is 12.2. The first-order valence-corrected chi connectivity index (χ1v) is 7.36. The Bertz CT molecular complexity index is 647. The molecule has 0 nitrogen and oxygen atoms in total. The number of alkyl halides is 3. The average molecular weight is 318 g/mol. The topological polar surface area (TPSA) is 0 Å². The molecule has 2 aromatic rings. The lowest BCUT2D eigenvalue weighted by Crippen LogP contribution is -2.04. The highest BCUT2D eigenvalue weighted by molar-refractivity contribution is 5.50. The van der Waals surface area contributed by atoms with Crippen molar-refractivity contribution in [2.75, 3.05) is 0 Å². The quantitative estimate of drug-likeness (QED) is 0.573. The second-order valence-corrected chi connectivity index (χ2v) is 5.03. The number of hydrogen-bond donors (Lipinski definition) is 0. The van der Waals surface area contributed by atoms with Gasteiger partial charge >= 0.3 is 6.18 Å². The fraction of sp³-hybridized carbons (Fsp3) is 0.200. The number of hydrogen-bond acceptors (Lipinski definition) is 0. The molecule has 0 N–H and O–H groups in total. The summed E-state index contributed by atoms with van der Waals surface area (Å²) in [7, 11) is 0. The van der Waals surface area contributed by atoms with Crippen LogP contribution >= 0.6 is 0 Å². The maximum Gasteiger partial charge on any atom is 0.416 e. The lowest BCUT2D eigenvalue weighted by Gasteiger charge is -2.06. The zero-order valence-electron chi connectivity index (χ0n) is 13.6. The molecule has 0 aromatic heterocycles. The molecular formula is C20H21F3. The van der Waals surface area contributed by atoms with Gasteiger partial charge in [0.15, 0.2) is 0 Å². The lowest BCUT2D eigenvalue weighted by atomic mass is 10.1. The van der Waals surface area contributed by atoms with Crippen molar-refractivity contribution in [3.8, 4) is 0 Å². The van der Waals surface area contributed by atoms with Gasteiger partial charge in [0.1, 0.15) is 0 Å². The first-order valence-electron chi connectivity index (χ1n) is 7.36. The number of halogens is 3. The zero-order chi connectivity index (χ0) is 17.3. The van der Waals surface area contributed by atoms with E-state index in [1.807, 2.05) is 13.0 Å². The lowest BCUT2D eigenvalue weighted by molar-refractivity contribution is -0.137. The van der Waals surface area contributed by atoms with Crippen LogP contribution in [0.3, 0.4) is 0 Å². The minimum atomic E-state index is -4.25. The van der Waals surface area contributed by atoms with Gasteiger partial charge in [0.2, 0.25) is 0 Å². The molecule has 0 radical (unpaired) electrons. The van der Waals surface area contributed by atoms with Crippen molar-refractivity contribution in [3.63, 3.8) is 0 Å². The number of aryl methyl sites for hydroxylation is 1. The van der Waals surface area contributed by atoms with Crippen molar-refractivity contribution in [3.05, 3.63) is 82.9 Å². The van der Waals surface area contributed by atoms with E-state index in [1.54, 1.807) is 25.1 Å². The molecule has 0 fully saturated rings. The Morgan fingerprint density at radius 2 is 1.35 bits per heavy atom. The van der Waals surface area contributed by atoms with Crippen LogP contribution in [-0.2, 0) is 6.18 Å². The average Bonchev–Trinajstić information content (AvgIpc) is 2.50. The molecule has 0 atom stereocenters. The molecule has 0 spiro atoms. The summed E-state index contributed by atoms with van der Waals surface area (Å²) in [5, 5.41) is 0. The van der Waals surface area contributed by atoms with Crippen molar-refractivity contribution in [2.24, 2.45) is 0 Å². The SMILES string of the molecule is C/C=C/c1ccc(C)cc1.C/C=C/c1cccc(C(F)(F)F)c1. The van der Waals surface area contributed by atoms with Gasteiger partial charge in [0.25, 0.3) is 0 Å². The van der Waals surface area contributed by atoms with Crippen LogP contribution in [0.15, 0.2) is 60.7 Å². The molecule has 122 valence electrons. The molecule has 0 amide bonds. The highest BCUT2D eigenvalue weighted by Crippen LogP contribution is 2.29. The molecule has 3 heteroatoms. The van der Waals surface area contributed by atoms with Crippen LogP contribution in [0.2, 0.25) is 0 Å². The molecule has 0 saturated carbocycles. The summed E-state index contributed by atoms with van der Waals surface area (Å²) in [4.78, 5) is 0. The molecule has 0 heterocycles. The molecular weight excluding hydrogens is 297 g/mol. The summed E-state index contributed by atoms with van der Waals surface area (Å²) in [5.74, 6) is 0. The standard InChI is InChI=1S/C10H9F3.C10H12/c1-2-4-8-5-3-6-9(7-8)10(11,12)13;1-3-4-10-7-5-9(2)6-8-10/h2-7H,1H3;3-8H,1-2H3/b4-2+;4-3+. The summed E-state index contributed by atoms with van der Waals surface area (Å²) in [6, 6.07) is 13.7. The minimum Gasteiger partial charge on any atom is -0.166 e. The van der Waals surface area contributed by atoms with Crippen LogP contribution in [0.5, 0.6) is 0 Å². The summed E-state index contributed by atoms with van der Waals surface area (Å²) in [6.07, 6.45) is 3.23. The highest BCUT2D eigenvalue weighted by Gasteiger charge is 2.30. The van der Waals surface area contributed by atoms with Gasteiger partial charge < -0.3 is 0 Å². The van der Waals surface area contributed by atoms with Crippen LogP contribution in [0, 0.1) is 6.92 Å². The van der Waals surface area contributed by atoms with E-state index in [0.29, 0.717) is 5.56 Å². The molecule has 0 bridgehead atoms. The molecule has 0 aliphatic heterocycles. The first kappa shape index (κ1) is 18.8. The molecule has 0 aliphatic carbocycles. The molecule has 0 saturated heterocycles.